The van der Waals surface area contributed by atoms with Gasteiger partial charge in [0.15, 0.2) is 0 Å². The minimum absolute atomic E-state index is 0.0413. The Morgan fingerprint density at radius 3 is 3.06 bits per heavy atom. The van der Waals surface area contributed by atoms with Crippen LogP contribution in [0, 0.1) is 12.8 Å². The third-order valence-corrected chi connectivity index (χ3v) is 4.19. The standard InChI is InChI=1S/C14H18N2O2/c1-9-11(3-2-4-13(9)17)14(18)16-7-10-5-6-15-12(10)8-16/h2-4,10,12,15,17H,5-8H2,1H3/t10-,12+/m0/s1. The van der Waals surface area contributed by atoms with E-state index in [-0.39, 0.29) is 11.7 Å². The predicted molar refractivity (Wildman–Crippen MR) is 68.6 cm³/mol. The Morgan fingerprint density at radius 2 is 2.28 bits per heavy atom. The average molecular weight is 246 g/mol. The summed E-state index contributed by atoms with van der Waals surface area (Å²) in [7, 11) is 0. The van der Waals surface area contributed by atoms with E-state index in [1.807, 2.05) is 4.90 Å². The van der Waals surface area contributed by atoms with Crippen molar-refractivity contribution in [3.8, 4) is 5.75 Å². The quantitative estimate of drug-likeness (QED) is 0.781. The fourth-order valence-corrected chi connectivity index (χ4v) is 3.04. The van der Waals surface area contributed by atoms with Crippen LogP contribution in [0.25, 0.3) is 0 Å². The van der Waals surface area contributed by atoms with Gasteiger partial charge in [0.2, 0.25) is 0 Å². The first-order valence-corrected chi connectivity index (χ1v) is 6.48. The average Bonchev–Trinajstić information content (AvgIpc) is 2.92. The maximum absolute atomic E-state index is 12.4. The summed E-state index contributed by atoms with van der Waals surface area (Å²) in [5.74, 6) is 0.838. The summed E-state index contributed by atoms with van der Waals surface area (Å²) < 4.78 is 0. The van der Waals surface area contributed by atoms with E-state index in [0.29, 0.717) is 23.1 Å². The Bertz CT molecular complexity index is 475. The highest BCUT2D eigenvalue weighted by Gasteiger charge is 2.38. The van der Waals surface area contributed by atoms with Crippen molar-refractivity contribution in [2.45, 2.75) is 19.4 Å². The van der Waals surface area contributed by atoms with Crippen LogP contribution in [0.15, 0.2) is 18.2 Å². The topological polar surface area (TPSA) is 52.6 Å². The molecule has 2 saturated heterocycles. The molecule has 1 aromatic rings. The van der Waals surface area contributed by atoms with Gasteiger partial charge in [-0.3, -0.25) is 4.79 Å². The fourth-order valence-electron chi connectivity index (χ4n) is 3.04. The molecular weight excluding hydrogens is 228 g/mol. The van der Waals surface area contributed by atoms with Crippen LogP contribution in [0.4, 0.5) is 0 Å². The minimum atomic E-state index is 0.0413. The van der Waals surface area contributed by atoms with Crippen LogP contribution < -0.4 is 5.32 Å². The Balaban J connectivity index is 1.81. The van der Waals surface area contributed by atoms with E-state index in [1.54, 1.807) is 25.1 Å². The van der Waals surface area contributed by atoms with Gasteiger partial charge in [-0.2, -0.15) is 0 Å². The molecule has 0 bridgehead atoms. The number of nitrogens with zero attached hydrogens (tertiary/aromatic N) is 1. The summed E-state index contributed by atoms with van der Waals surface area (Å²) in [5, 5.41) is 13.1. The smallest absolute Gasteiger partial charge is 0.254 e. The molecule has 2 aliphatic rings. The highest BCUT2D eigenvalue weighted by molar-refractivity contribution is 5.96. The van der Waals surface area contributed by atoms with Gasteiger partial charge in [0.05, 0.1) is 0 Å². The Labute approximate surface area is 107 Å². The zero-order valence-corrected chi connectivity index (χ0v) is 10.5. The first-order valence-electron chi connectivity index (χ1n) is 6.48. The summed E-state index contributed by atoms with van der Waals surface area (Å²) in [6.45, 7) is 4.49. The van der Waals surface area contributed by atoms with Crippen LogP contribution >= 0.6 is 0 Å². The minimum Gasteiger partial charge on any atom is -0.508 e. The van der Waals surface area contributed by atoms with E-state index in [1.165, 1.54) is 0 Å². The van der Waals surface area contributed by atoms with E-state index in [0.717, 1.165) is 26.1 Å². The molecular formula is C14H18N2O2. The molecule has 0 saturated carbocycles. The second kappa shape index (κ2) is 4.28. The third kappa shape index (κ3) is 1.77. The van der Waals surface area contributed by atoms with Gasteiger partial charge < -0.3 is 15.3 Å². The zero-order valence-electron chi connectivity index (χ0n) is 10.5. The van der Waals surface area contributed by atoms with Crippen molar-refractivity contribution in [2.75, 3.05) is 19.6 Å². The molecule has 96 valence electrons. The number of carbonyl (C=O) groups is 1. The number of phenolic OH excluding ortho intramolecular Hbond substituents is 1. The molecule has 3 rings (SSSR count). The second-order valence-electron chi connectivity index (χ2n) is 5.27. The normalized spacial score (nSPS) is 26.4. The zero-order chi connectivity index (χ0) is 12.7. The number of nitrogens with one attached hydrogen (secondary N) is 1. The van der Waals surface area contributed by atoms with Crippen molar-refractivity contribution >= 4 is 5.91 Å². The molecule has 0 radical (unpaired) electrons. The van der Waals surface area contributed by atoms with Crippen molar-refractivity contribution in [3.63, 3.8) is 0 Å². The van der Waals surface area contributed by atoms with E-state index in [2.05, 4.69) is 5.32 Å². The van der Waals surface area contributed by atoms with Crippen molar-refractivity contribution in [1.29, 1.82) is 0 Å². The van der Waals surface area contributed by atoms with E-state index in [4.69, 9.17) is 0 Å². The molecule has 2 heterocycles. The first kappa shape index (κ1) is 11.5. The molecule has 0 unspecified atom stereocenters. The highest BCUT2D eigenvalue weighted by Crippen LogP contribution is 2.27. The van der Waals surface area contributed by atoms with E-state index < -0.39 is 0 Å². The van der Waals surface area contributed by atoms with Gasteiger partial charge in [0.1, 0.15) is 5.75 Å². The Hall–Kier alpha value is -1.55. The summed E-state index contributed by atoms with van der Waals surface area (Å²) in [5.41, 5.74) is 1.29. The number of likely N-dealkylation sites (tertiary alicyclic amines) is 1. The summed E-state index contributed by atoms with van der Waals surface area (Å²) >= 11 is 0. The van der Waals surface area contributed by atoms with Crippen LogP contribution in [-0.4, -0.2) is 41.6 Å². The molecule has 0 spiro atoms. The van der Waals surface area contributed by atoms with Gasteiger partial charge in [-0.25, -0.2) is 0 Å². The molecule has 1 aromatic carbocycles. The van der Waals surface area contributed by atoms with Crippen molar-refractivity contribution in [2.24, 2.45) is 5.92 Å². The SMILES string of the molecule is Cc1c(O)cccc1C(=O)N1C[C@@H]2CCN[C@@H]2C1. The van der Waals surface area contributed by atoms with Crippen molar-refractivity contribution in [3.05, 3.63) is 29.3 Å². The second-order valence-corrected chi connectivity index (χ2v) is 5.27. The molecule has 4 heteroatoms. The monoisotopic (exact) mass is 246 g/mol. The lowest BCUT2D eigenvalue weighted by Crippen LogP contribution is -2.34. The molecule has 2 N–H and O–H groups in total. The van der Waals surface area contributed by atoms with Crippen molar-refractivity contribution < 1.29 is 9.90 Å². The van der Waals surface area contributed by atoms with Crippen LogP contribution in [0.3, 0.4) is 0 Å². The number of amides is 1. The van der Waals surface area contributed by atoms with Crippen LogP contribution in [-0.2, 0) is 0 Å². The Kier molecular flexibility index (Phi) is 2.74. The van der Waals surface area contributed by atoms with Crippen LogP contribution in [0.1, 0.15) is 22.3 Å². The predicted octanol–water partition coefficient (Wildman–Crippen LogP) is 1.13. The van der Waals surface area contributed by atoms with Gasteiger partial charge >= 0.3 is 0 Å². The number of hydrogen-bond acceptors (Lipinski definition) is 3. The Morgan fingerprint density at radius 1 is 1.44 bits per heavy atom. The molecule has 2 fully saturated rings. The lowest BCUT2D eigenvalue weighted by Gasteiger charge is -2.18. The molecule has 1 amide bonds. The fraction of sp³-hybridized carbons (Fsp3) is 0.500. The van der Waals surface area contributed by atoms with E-state index >= 15 is 0 Å². The molecule has 18 heavy (non-hydrogen) atoms. The maximum Gasteiger partial charge on any atom is 0.254 e. The van der Waals surface area contributed by atoms with Crippen LogP contribution in [0.5, 0.6) is 5.75 Å². The van der Waals surface area contributed by atoms with Gasteiger partial charge in [-0.05, 0) is 37.9 Å². The maximum atomic E-state index is 12.4. The molecule has 2 atom stereocenters. The van der Waals surface area contributed by atoms with Crippen LogP contribution in [0.2, 0.25) is 0 Å². The van der Waals surface area contributed by atoms with Crippen molar-refractivity contribution in [1.82, 2.24) is 10.2 Å². The lowest BCUT2D eigenvalue weighted by molar-refractivity contribution is 0.0781. The summed E-state index contributed by atoms with van der Waals surface area (Å²) in [6, 6.07) is 5.60. The third-order valence-electron chi connectivity index (χ3n) is 4.19. The van der Waals surface area contributed by atoms with E-state index in [9.17, 15) is 9.90 Å². The number of aromatic hydroxyl groups is 1. The summed E-state index contributed by atoms with van der Waals surface area (Å²) in [6.07, 6.45) is 1.16. The molecule has 2 aliphatic heterocycles. The number of fused-ring (bicyclic) bond motifs is 1. The van der Waals surface area contributed by atoms with Gasteiger partial charge in [0, 0.05) is 30.3 Å². The highest BCUT2D eigenvalue weighted by atomic mass is 16.3. The number of benzene rings is 1. The lowest BCUT2D eigenvalue weighted by atomic mass is 10.1. The van der Waals surface area contributed by atoms with Gasteiger partial charge in [0.25, 0.3) is 5.91 Å². The number of hydrogen-bond donors (Lipinski definition) is 2. The number of carbonyl (C=O) groups excluding carboxylic acids is 1. The molecule has 0 aromatic heterocycles. The summed E-state index contributed by atoms with van der Waals surface area (Å²) in [4.78, 5) is 14.3. The van der Waals surface area contributed by atoms with Gasteiger partial charge in [-0.15, -0.1) is 0 Å². The largest absolute Gasteiger partial charge is 0.508 e. The number of rotatable bonds is 1. The number of phenols is 1. The first-order chi connectivity index (χ1) is 8.66. The van der Waals surface area contributed by atoms with Gasteiger partial charge in [-0.1, -0.05) is 6.07 Å². The molecule has 0 aliphatic carbocycles. The molecule has 4 nitrogen and oxygen atoms in total.